The zero-order valence-electron chi connectivity index (χ0n) is 11.6. The second kappa shape index (κ2) is 6.83. The van der Waals surface area contributed by atoms with Crippen molar-refractivity contribution in [3.8, 4) is 0 Å². The first-order chi connectivity index (χ1) is 9.67. The lowest BCUT2D eigenvalue weighted by atomic mass is 10.0. The molecule has 2 N–H and O–H groups in total. The Labute approximate surface area is 121 Å². The first-order valence-electron chi connectivity index (χ1n) is 6.48. The highest BCUT2D eigenvalue weighted by Gasteiger charge is 2.26. The van der Waals surface area contributed by atoms with E-state index in [1.165, 1.54) is 18.4 Å². The van der Waals surface area contributed by atoms with Crippen LogP contribution in [0.5, 0.6) is 0 Å². The van der Waals surface area contributed by atoms with Crippen LogP contribution in [0.4, 0.5) is 5.00 Å². The molecule has 0 aromatic carbocycles. The fourth-order valence-corrected chi connectivity index (χ4v) is 3.32. The number of esters is 1. The third-order valence-corrected chi connectivity index (χ3v) is 4.16. The first kappa shape index (κ1) is 15.0. The van der Waals surface area contributed by atoms with Crippen LogP contribution in [0.1, 0.15) is 27.7 Å². The van der Waals surface area contributed by atoms with Gasteiger partial charge in [-0.15, -0.1) is 11.3 Å². The van der Waals surface area contributed by atoms with Crippen molar-refractivity contribution >= 4 is 28.2 Å². The molecule has 20 heavy (non-hydrogen) atoms. The van der Waals surface area contributed by atoms with E-state index in [2.05, 4.69) is 10.6 Å². The number of carbonyl (C=O) groups is 2. The predicted molar refractivity (Wildman–Crippen MR) is 76.2 cm³/mol. The molecule has 1 aromatic heterocycles. The molecule has 0 saturated heterocycles. The van der Waals surface area contributed by atoms with Gasteiger partial charge >= 0.3 is 5.97 Å². The van der Waals surface area contributed by atoms with E-state index in [4.69, 9.17) is 9.47 Å². The molecular formula is C13H18N2O4S. The molecule has 0 saturated carbocycles. The van der Waals surface area contributed by atoms with Crippen molar-refractivity contribution in [3.63, 3.8) is 0 Å². The Morgan fingerprint density at radius 1 is 1.45 bits per heavy atom. The molecule has 0 bridgehead atoms. The van der Waals surface area contributed by atoms with E-state index in [-0.39, 0.29) is 12.5 Å². The highest BCUT2D eigenvalue weighted by Crippen LogP contribution is 2.35. The average molecular weight is 298 g/mol. The highest BCUT2D eigenvalue weighted by atomic mass is 32.1. The van der Waals surface area contributed by atoms with Crippen LogP contribution < -0.4 is 10.6 Å². The van der Waals surface area contributed by atoms with Crippen molar-refractivity contribution in [1.82, 2.24) is 5.32 Å². The Morgan fingerprint density at radius 2 is 2.25 bits per heavy atom. The maximum absolute atomic E-state index is 11.9. The third kappa shape index (κ3) is 3.17. The number of anilines is 1. The normalized spacial score (nSPS) is 13.7. The molecule has 2 heterocycles. The SMILES string of the molecule is CCOCC(=O)Nc1sc2c(c1C(=O)OC)CCNC2. The summed E-state index contributed by atoms with van der Waals surface area (Å²) in [6.07, 6.45) is 0.762. The molecular weight excluding hydrogens is 280 g/mol. The molecule has 2 rings (SSSR count). The number of amides is 1. The van der Waals surface area contributed by atoms with E-state index < -0.39 is 5.97 Å². The number of hydrogen-bond acceptors (Lipinski definition) is 6. The van der Waals surface area contributed by atoms with Gasteiger partial charge in [0.1, 0.15) is 11.6 Å². The molecule has 0 atom stereocenters. The van der Waals surface area contributed by atoms with Crippen LogP contribution in [0.2, 0.25) is 0 Å². The molecule has 7 heteroatoms. The summed E-state index contributed by atoms with van der Waals surface area (Å²) in [6.45, 7) is 3.81. The number of hydrogen-bond donors (Lipinski definition) is 2. The molecule has 1 amide bonds. The van der Waals surface area contributed by atoms with Gasteiger partial charge in [0.25, 0.3) is 5.91 Å². The zero-order chi connectivity index (χ0) is 14.5. The van der Waals surface area contributed by atoms with Gasteiger partial charge in [-0.05, 0) is 25.5 Å². The van der Waals surface area contributed by atoms with Crippen LogP contribution in [0.25, 0.3) is 0 Å². The number of nitrogens with one attached hydrogen (secondary N) is 2. The molecule has 1 aliphatic rings. The van der Waals surface area contributed by atoms with E-state index in [1.54, 1.807) is 0 Å². The van der Waals surface area contributed by atoms with E-state index in [9.17, 15) is 9.59 Å². The van der Waals surface area contributed by atoms with Crippen LogP contribution >= 0.6 is 11.3 Å². The largest absolute Gasteiger partial charge is 0.465 e. The second-order valence-corrected chi connectivity index (χ2v) is 5.42. The van der Waals surface area contributed by atoms with Crippen molar-refractivity contribution in [2.45, 2.75) is 19.9 Å². The molecule has 6 nitrogen and oxygen atoms in total. The van der Waals surface area contributed by atoms with E-state index in [1.807, 2.05) is 6.92 Å². The Hall–Kier alpha value is -1.44. The van der Waals surface area contributed by atoms with Gasteiger partial charge in [0.15, 0.2) is 0 Å². The molecule has 0 unspecified atom stereocenters. The van der Waals surface area contributed by atoms with Gasteiger partial charge in [0.05, 0.1) is 12.7 Å². The number of ether oxygens (including phenoxy) is 2. The Bertz CT molecular complexity index is 513. The van der Waals surface area contributed by atoms with Crippen LogP contribution in [-0.2, 0) is 27.2 Å². The topological polar surface area (TPSA) is 76.7 Å². The molecule has 0 radical (unpaired) electrons. The predicted octanol–water partition coefficient (Wildman–Crippen LogP) is 1.16. The van der Waals surface area contributed by atoms with Crippen LogP contribution in [0.15, 0.2) is 0 Å². The fourth-order valence-electron chi connectivity index (χ4n) is 2.10. The van der Waals surface area contributed by atoms with Crippen molar-refractivity contribution in [2.75, 3.05) is 32.2 Å². The Kier molecular flexibility index (Phi) is 5.11. The van der Waals surface area contributed by atoms with Crippen molar-refractivity contribution in [2.24, 2.45) is 0 Å². The number of fused-ring (bicyclic) bond motifs is 1. The van der Waals surface area contributed by atoms with Crippen LogP contribution in [-0.4, -0.2) is 38.7 Å². The number of rotatable bonds is 5. The summed E-state index contributed by atoms with van der Waals surface area (Å²) in [6, 6.07) is 0. The zero-order valence-corrected chi connectivity index (χ0v) is 12.4. The summed E-state index contributed by atoms with van der Waals surface area (Å²) in [4.78, 5) is 24.8. The second-order valence-electron chi connectivity index (χ2n) is 4.31. The molecule has 0 fully saturated rings. The number of carbonyl (C=O) groups excluding carboxylic acids is 2. The fraction of sp³-hybridized carbons (Fsp3) is 0.538. The van der Waals surface area contributed by atoms with Gasteiger partial charge in [-0.2, -0.15) is 0 Å². The summed E-state index contributed by atoms with van der Waals surface area (Å²) < 4.78 is 9.89. The first-order valence-corrected chi connectivity index (χ1v) is 7.30. The minimum Gasteiger partial charge on any atom is -0.465 e. The van der Waals surface area contributed by atoms with Crippen molar-refractivity contribution < 1.29 is 19.1 Å². The molecule has 1 aliphatic heterocycles. The monoisotopic (exact) mass is 298 g/mol. The van der Waals surface area contributed by atoms with Gasteiger partial charge in [0.2, 0.25) is 0 Å². The van der Waals surface area contributed by atoms with E-state index in [0.717, 1.165) is 23.4 Å². The molecule has 1 aromatic rings. The van der Waals surface area contributed by atoms with Gasteiger partial charge in [0, 0.05) is 18.0 Å². The van der Waals surface area contributed by atoms with E-state index in [0.29, 0.717) is 23.7 Å². The van der Waals surface area contributed by atoms with Gasteiger partial charge in [-0.3, -0.25) is 4.79 Å². The highest BCUT2D eigenvalue weighted by molar-refractivity contribution is 7.17. The minimum atomic E-state index is -0.406. The number of methoxy groups -OCH3 is 1. The summed E-state index contributed by atoms with van der Waals surface area (Å²) in [5, 5.41) is 6.54. The Balaban J connectivity index is 2.25. The lowest BCUT2D eigenvalue weighted by Gasteiger charge is -2.13. The Morgan fingerprint density at radius 3 is 2.95 bits per heavy atom. The smallest absolute Gasteiger partial charge is 0.341 e. The van der Waals surface area contributed by atoms with Gasteiger partial charge in [-0.25, -0.2) is 4.79 Å². The minimum absolute atomic E-state index is 0.0159. The van der Waals surface area contributed by atoms with E-state index >= 15 is 0 Å². The van der Waals surface area contributed by atoms with Crippen LogP contribution in [0, 0.1) is 0 Å². The standard InChI is InChI=1S/C13H18N2O4S/c1-3-19-7-10(16)15-12-11(13(17)18-2)8-4-5-14-6-9(8)20-12/h14H,3-7H2,1-2H3,(H,15,16). The summed E-state index contributed by atoms with van der Waals surface area (Å²) in [7, 11) is 1.35. The summed E-state index contributed by atoms with van der Waals surface area (Å²) in [5.74, 6) is -0.667. The van der Waals surface area contributed by atoms with Crippen molar-refractivity contribution in [1.29, 1.82) is 0 Å². The quantitative estimate of drug-likeness (QED) is 0.798. The lowest BCUT2D eigenvalue weighted by molar-refractivity contribution is -0.120. The number of thiophene rings is 1. The lowest BCUT2D eigenvalue weighted by Crippen LogP contribution is -2.23. The third-order valence-electron chi connectivity index (χ3n) is 3.01. The van der Waals surface area contributed by atoms with Gasteiger partial charge in [-0.1, -0.05) is 0 Å². The maximum Gasteiger partial charge on any atom is 0.341 e. The van der Waals surface area contributed by atoms with Crippen molar-refractivity contribution in [3.05, 3.63) is 16.0 Å². The summed E-state index contributed by atoms with van der Waals surface area (Å²) in [5.41, 5.74) is 1.46. The van der Waals surface area contributed by atoms with Gasteiger partial charge < -0.3 is 20.1 Å². The maximum atomic E-state index is 11.9. The molecule has 0 aliphatic carbocycles. The molecule has 0 spiro atoms. The average Bonchev–Trinajstić information content (AvgIpc) is 2.82. The molecule has 110 valence electrons. The summed E-state index contributed by atoms with van der Waals surface area (Å²) >= 11 is 1.42. The van der Waals surface area contributed by atoms with Crippen LogP contribution in [0.3, 0.4) is 0 Å².